The van der Waals surface area contributed by atoms with E-state index < -0.39 is 39.6 Å². The summed E-state index contributed by atoms with van der Waals surface area (Å²) < 4.78 is 76.2. The number of carbonyl (C=O) groups excluding carboxylic acids is 2. The molecule has 1 atom stereocenters. The highest BCUT2D eigenvalue weighted by molar-refractivity contribution is 7.91. The number of carbonyl (C=O) groups is 2. The SMILES string of the molecule is CCc1c(Cc2ccc(Cl)cc2C(F)(F)F)oc2cc(C(=O)N[C@@H](CNC(=O)OC)c3ccc(S(=O)(=O)CC)cc3)ccc12. The molecule has 4 rings (SSSR count). The lowest BCUT2D eigenvalue weighted by Crippen LogP contribution is -2.37. The van der Waals surface area contributed by atoms with Crippen molar-refractivity contribution < 1.29 is 40.3 Å². The third-order valence-corrected chi connectivity index (χ3v) is 9.17. The van der Waals surface area contributed by atoms with Crippen molar-refractivity contribution in [3.8, 4) is 0 Å². The van der Waals surface area contributed by atoms with Crippen LogP contribution in [0.1, 0.15) is 58.3 Å². The van der Waals surface area contributed by atoms with Crippen molar-refractivity contribution in [1.29, 1.82) is 0 Å². The summed E-state index contributed by atoms with van der Waals surface area (Å²) in [5.74, 6) is -0.256. The van der Waals surface area contributed by atoms with Crippen molar-refractivity contribution >= 4 is 44.4 Å². The van der Waals surface area contributed by atoms with Gasteiger partial charge in [-0.25, -0.2) is 13.2 Å². The first-order chi connectivity index (χ1) is 20.8. The van der Waals surface area contributed by atoms with E-state index in [2.05, 4.69) is 15.4 Å². The highest BCUT2D eigenvalue weighted by Crippen LogP contribution is 2.36. The molecule has 0 radical (unpaired) electrons. The summed E-state index contributed by atoms with van der Waals surface area (Å²) in [4.78, 5) is 25.2. The molecular formula is C31H30ClF3N2O6S. The third kappa shape index (κ3) is 7.36. The first-order valence-electron chi connectivity index (χ1n) is 13.6. The van der Waals surface area contributed by atoms with Crippen LogP contribution in [0.15, 0.2) is 70.0 Å². The van der Waals surface area contributed by atoms with Crippen LogP contribution >= 0.6 is 11.6 Å². The molecule has 0 aliphatic rings. The number of benzene rings is 3. The molecule has 0 aliphatic carbocycles. The molecule has 1 aromatic heterocycles. The van der Waals surface area contributed by atoms with Crippen LogP contribution in [0.3, 0.4) is 0 Å². The molecule has 0 bridgehead atoms. The van der Waals surface area contributed by atoms with Gasteiger partial charge in [0.2, 0.25) is 0 Å². The Bertz CT molecular complexity index is 1790. The standard InChI is InChI=1S/C31H30ClF3N2O6S/c1-4-23-24-13-9-20(15-28(24)43-27(23)14-19-6-10-21(32)16-25(19)31(33,34)35)29(38)37-26(17-36-30(39)42-3)18-7-11-22(12-8-18)44(40,41)5-2/h6-13,15-16,26H,4-5,14,17H2,1-3H3,(H,36,39)(H,37,38)/t26-/m0/s1. The summed E-state index contributed by atoms with van der Waals surface area (Å²) in [6, 6.07) is 13.5. The highest BCUT2D eigenvalue weighted by atomic mass is 35.5. The van der Waals surface area contributed by atoms with E-state index in [1.54, 1.807) is 24.3 Å². The molecule has 0 aliphatic heterocycles. The molecule has 0 spiro atoms. The molecule has 2 amide bonds. The van der Waals surface area contributed by atoms with Crippen LogP contribution in [-0.2, 0) is 33.6 Å². The van der Waals surface area contributed by atoms with Crippen LogP contribution in [0.25, 0.3) is 11.0 Å². The average Bonchev–Trinajstić information content (AvgIpc) is 3.35. The molecule has 0 saturated carbocycles. The number of hydrogen-bond acceptors (Lipinski definition) is 6. The van der Waals surface area contributed by atoms with E-state index in [0.717, 1.165) is 11.6 Å². The predicted octanol–water partition coefficient (Wildman–Crippen LogP) is 6.88. The van der Waals surface area contributed by atoms with Crippen molar-refractivity contribution in [1.82, 2.24) is 10.6 Å². The Kier molecular flexibility index (Phi) is 9.94. The smallest absolute Gasteiger partial charge is 0.416 e. The van der Waals surface area contributed by atoms with Gasteiger partial charge in [0.1, 0.15) is 11.3 Å². The third-order valence-electron chi connectivity index (χ3n) is 7.18. The van der Waals surface area contributed by atoms with Gasteiger partial charge in [0.05, 0.1) is 29.4 Å². The summed E-state index contributed by atoms with van der Waals surface area (Å²) in [5, 5.41) is 6.00. The minimum Gasteiger partial charge on any atom is -0.460 e. The van der Waals surface area contributed by atoms with Crippen molar-refractivity contribution in [3.05, 3.63) is 99.3 Å². The number of furan rings is 1. The number of amides is 2. The van der Waals surface area contributed by atoms with Crippen LogP contribution in [0.5, 0.6) is 0 Å². The van der Waals surface area contributed by atoms with E-state index in [1.165, 1.54) is 44.4 Å². The van der Waals surface area contributed by atoms with Gasteiger partial charge in [-0.05, 0) is 53.9 Å². The maximum absolute atomic E-state index is 13.7. The zero-order valence-corrected chi connectivity index (χ0v) is 25.6. The fraction of sp³-hybridized carbons (Fsp3) is 0.290. The van der Waals surface area contributed by atoms with Gasteiger partial charge in [0, 0.05) is 34.5 Å². The van der Waals surface area contributed by atoms with Crippen molar-refractivity contribution in [2.45, 2.75) is 43.8 Å². The van der Waals surface area contributed by atoms with E-state index in [-0.39, 0.29) is 39.8 Å². The van der Waals surface area contributed by atoms with Crippen molar-refractivity contribution in [3.63, 3.8) is 0 Å². The number of alkyl halides is 3. The molecule has 13 heteroatoms. The zero-order valence-electron chi connectivity index (χ0n) is 24.0. The van der Waals surface area contributed by atoms with Crippen LogP contribution < -0.4 is 10.6 Å². The van der Waals surface area contributed by atoms with Gasteiger partial charge in [-0.3, -0.25) is 4.79 Å². The quantitative estimate of drug-likeness (QED) is 0.193. The fourth-order valence-corrected chi connectivity index (χ4v) is 5.89. The Labute approximate surface area is 257 Å². The topological polar surface area (TPSA) is 115 Å². The number of aryl methyl sites for hydroxylation is 1. The maximum Gasteiger partial charge on any atom is 0.416 e. The van der Waals surface area contributed by atoms with Gasteiger partial charge in [-0.2, -0.15) is 13.2 Å². The fourth-order valence-electron chi connectivity index (χ4n) is 4.84. The van der Waals surface area contributed by atoms with E-state index in [1.807, 2.05) is 6.92 Å². The molecule has 2 N–H and O–H groups in total. The second kappa shape index (κ2) is 13.3. The summed E-state index contributed by atoms with van der Waals surface area (Å²) in [7, 11) is -2.25. The van der Waals surface area contributed by atoms with Crippen LogP contribution in [0, 0.1) is 0 Å². The number of methoxy groups -OCH3 is 1. The summed E-state index contributed by atoms with van der Waals surface area (Å²) in [6.07, 6.45) is -4.97. The second-order valence-electron chi connectivity index (χ2n) is 9.92. The Morgan fingerprint density at radius 1 is 1.02 bits per heavy atom. The highest BCUT2D eigenvalue weighted by Gasteiger charge is 2.34. The predicted molar refractivity (Wildman–Crippen MR) is 160 cm³/mol. The molecular weight excluding hydrogens is 621 g/mol. The van der Waals surface area contributed by atoms with E-state index in [9.17, 15) is 31.2 Å². The lowest BCUT2D eigenvalue weighted by atomic mass is 9.99. The van der Waals surface area contributed by atoms with Gasteiger partial charge in [-0.15, -0.1) is 0 Å². The first kappa shape index (κ1) is 32.9. The van der Waals surface area contributed by atoms with E-state index in [4.69, 9.17) is 16.0 Å². The number of hydrogen-bond donors (Lipinski definition) is 2. The molecule has 4 aromatic rings. The van der Waals surface area contributed by atoms with Gasteiger partial charge < -0.3 is 19.8 Å². The van der Waals surface area contributed by atoms with Gasteiger partial charge in [-0.1, -0.05) is 49.7 Å². The van der Waals surface area contributed by atoms with Crippen LogP contribution in [0.2, 0.25) is 5.02 Å². The molecule has 3 aromatic carbocycles. The van der Waals surface area contributed by atoms with E-state index >= 15 is 0 Å². The second-order valence-corrected chi connectivity index (χ2v) is 12.6. The van der Waals surface area contributed by atoms with Crippen LogP contribution in [-0.4, -0.2) is 39.8 Å². The Balaban J connectivity index is 1.63. The number of fused-ring (bicyclic) bond motifs is 1. The number of nitrogens with one attached hydrogen (secondary N) is 2. The Hall–Kier alpha value is -4.03. The monoisotopic (exact) mass is 650 g/mol. The maximum atomic E-state index is 13.7. The minimum absolute atomic E-state index is 0.00678. The zero-order chi connectivity index (χ0) is 32.2. The van der Waals surface area contributed by atoms with Gasteiger partial charge in [0.15, 0.2) is 9.84 Å². The first-order valence-corrected chi connectivity index (χ1v) is 15.7. The number of sulfone groups is 1. The molecule has 0 fully saturated rings. The van der Waals surface area contributed by atoms with E-state index in [0.29, 0.717) is 28.7 Å². The minimum atomic E-state index is -4.60. The average molecular weight is 651 g/mol. The Morgan fingerprint density at radius 3 is 2.34 bits per heavy atom. The number of alkyl carbamates (subject to hydrolysis) is 1. The Morgan fingerprint density at radius 2 is 1.73 bits per heavy atom. The van der Waals surface area contributed by atoms with Crippen molar-refractivity contribution in [2.75, 3.05) is 19.4 Å². The summed E-state index contributed by atoms with van der Waals surface area (Å²) in [6.45, 7) is 3.33. The molecule has 0 saturated heterocycles. The van der Waals surface area contributed by atoms with Gasteiger partial charge >= 0.3 is 12.3 Å². The number of halogens is 4. The molecule has 44 heavy (non-hydrogen) atoms. The normalized spacial score (nSPS) is 12.6. The van der Waals surface area contributed by atoms with Gasteiger partial charge in [0.25, 0.3) is 5.91 Å². The molecule has 1 heterocycles. The molecule has 0 unspecified atom stereocenters. The lowest BCUT2D eigenvalue weighted by Gasteiger charge is -2.20. The molecule has 8 nitrogen and oxygen atoms in total. The van der Waals surface area contributed by atoms with Crippen LogP contribution in [0.4, 0.5) is 18.0 Å². The number of ether oxygens (including phenoxy) is 1. The molecule has 234 valence electrons. The summed E-state index contributed by atoms with van der Waals surface area (Å²) >= 11 is 5.83. The summed E-state index contributed by atoms with van der Waals surface area (Å²) in [5.41, 5.74) is 0.938. The lowest BCUT2D eigenvalue weighted by molar-refractivity contribution is -0.138. The van der Waals surface area contributed by atoms with Crippen molar-refractivity contribution in [2.24, 2.45) is 0 Å². The largest absolute Gasteiger partial charge is 0.460 e. The number of rotatable bonds is 10.